The number of aryl methyl sites for hydroxylation is 1. The van der Waals surface area contributed by atoms with E-state index in [-0.39, 0.29) is 23.1 Å². The molecule has 3 rings (SSSR count). The molecule has 0 aliphatic carbocycles. The molecule has 1 aromatic heterocycles. The maximum atomic E-state index is 12.5. The Morgan fingerprint density at radius 1 is 1.27 bits per heavy atom. The molecule has 1 N–H and O–H groups in total. The van der Waals surface area contributed by atoms with Gasteiger partial charge in [-0.2, -0.15) is 0 Å². The average molecular weight is 321 g/mol. The fourth-order valence-electron chi connectivity index (χ4n) is 2.83. The summed E-state index contributed by atoms with van der Waals surface area (Å²) >= 11 is 0. The largest absolute Gasteiger partial charge is 0.363 e. The zero-order valence-corrected chi connectivity index (χ0v) is 13.3. The molecule has 0 unspecified atom stereocenters. The highest BCUT2D eigenvalue weighted by molar-refractivity contribution is 7.91. The van der Waals surface area contributed by atoms with Gasteiger partial charge in [0, 0.05) is 12.6 Å². The summed E-state index contributed by atoms with van der Waals surface area (Å²) in [4.78, 5) is 17.0. The number of para-hydroxylation sites is 2. The molecule has 7 heteroatoms. The first kappa shape index (κ1) is 15.0. The van der Waals surface area contributed by atoms with E-state index in [1.807, 2.05) is 31.2 Å². The van der Waals surface area contributed by atoms with Crippen LogP contribution in [0, 0.1) is 0 Å². The quantitative estimate of drug-likeness (QED) is 0.924. The van der Waals surface area contributed by atoms with Crippen LogP contribution in [0.15, 0.2) is 29.1 Å². The minimum Gasteiger partial charge on any atom is -0.363 e. The third kappa shape index (κ3) is 2.85. The van der Waals surface area contributed by atoms with E-state index in [1.165, 1.54) is 0 Å². The van der Waals surface area contributed by atoms with E-state index in [0.29, 0.717) is 25.2 Å². The number of nitrogens with zero attached hydrogens (tertiary/aromatic N) is 2. The van der Waals surface area contributed by atoms with Crippen molar-refractivity contribution in [3.05, 3.63) is 34.6 Å². The number of fused-ring (bicyclic) bond motifs is 1. The SMILES string of the molecule is CCn1c(=O)c(NC2CCS(=O)(=O)CC2)nc2ccccc21. The number of rotatable bonds is 3. The van der Waals surface area contributed by atoms with Gasteiger partial charge in [-0.05, 0) is 31.9 Å². The van der Waals surface area contributed by atoms with Crippen molar-refractivity contribution in [2.45, 2.75) is 32.4 Å². The molecule has 0 spiro atoms. The van der Waals surface area contributed by atoms with Crippen LogP contribution in [0.3, 0.4) is 0 Å². The standard InChI is InChI=1S/C15H19N3O3S/c1-2-18-13-6-4-3-5-12(13)17-14(15(18)19)16-11-7-9-22(20,21)10-8-11/h3-6,11H,2,7-10H2,1H3,(H,16,17). The maximum Gasteiger partial charge on any atom is 0.293 e. The Morgan fingerprint density at radius 2 is 1.95 bits per heavy atom. The van der Waals surface area contributed by atoms with Crippen molar-refractivity contribution in [3.63, 3.8) is 0 Å². The van der Waals surface area contributed by atoms with Crippen LogP contribution in [-0.2, 0) is 16.4 Å². The topological polar surface area (TPSA) is 81.1 Å². The molecule has 0 atom stereocenters. The summed E-state index contributed by atoms with van der Waals surface area (Å²) in [6.07, 6.45) is 1.03. The molecular formula is C15H19N3O3S. The van der Waals surface area contributed by atoms with Gasteiger partial charge in [0.1, 0.15) is 9.84 Å². The normalized spacial score (nSPS) is 18.4. The van der Waals surface area contributed by atoms with Crippen LogP contribution in [-0.4, -0.2) is 35.5 Å². The molecule has 22 heavy (non-hydrogen) atoms. The van der Waals surface area contributed by atoms with Gasteiger partial charge in [0.25, 0.3) is 5.56 Å². The van der Waals surface area contributed by atoms with Gasteiger partial charge < -0.3 is 9.88 Å². The number of aromatic nitrogens is 2. The van der Waals surface area contributed by atoms with Gasteiger partial charge in [0.05, 0.1) is 22.5 Å². The molecule has 1 aliphatic heterocycles. The fourth-order valence-corrected chi connectivity index (χ4v) is 4.32. The Balaban J connectivity index is 1.94. The van der Waals surface area contributed by atoms with E-state index in [1.54, 1.807) is 4.57 Å². The van der Waals surface area contributed by atoms with Crippen LogP contribution in [0.1, 0.15) is 19.8 Å². The van der Waals surface area contributed by atoms with Gasteiger partial charge in [0.2, 0.25) is 0 Å². The Kier molecular flexibility index (Phi) is 3.90. The minimum atomic E-state index is -2.91. The second-order valence-electron chi connectivity index (χ2n) is 5.57. The van der Waals surface area contributed by atoms with Gasteiger partial charge in [0.15, 0.2) is 5.82 Å². The highest BCUT2D eigenvalue weighted by atomic mass is 32.2. The lowest BCUT2D eigenvalue weighted by Crippen LogP contribution is -2.35. The molecule has 0 saturated carbocycles. The maximum absolute atomic E-state index is 12.5. The smallest absolute Gasteiger partial charge is 0.293 e. The Bertz CT molecular complexity index is 844. The molecule has 1 aromatic carbocycles. The molecule has 2 aromatic rings. The number of benzene rings is 1. The number of sulfone groups is 1. The van der Waals surface area contributed by atoms with E-state index < -0.39 is 9.84 Å². The van der Waals surface area contributed by atoms with E-state index >= 15 is 0 Å². The first-order valence-electron chi connectivity index (χ1n) is 7.47. The van der Waals surface area contributed by atoms with Crippen LogP contribution in [0.2, 0.25) is 0 Å². The number of hydrogen-bond acceptors (Lipinski definition) is 5. The summed E-state index contributed by atoms with van der Waals surface area (Å²) in [5.41, 5.74) is 1.41. The molecule has 0 amide bonds. The van der Waals surface area contributed by atoms with E-state index in [0.717, 1.165) is 11.0 Å². The molecule has 118 valence electrons. The zero-order chi connectivity index (χ0) is 15.7. The monoisotopic (exact) mass is 321 g/mol. The summed E-state index contributed by atoms with van der Waals surface area (Å²) in [6.45, 7) is 2.49. The highest BCUT2D eigenvalue weighted by Gasteiger charge is 2.24. The van der Waals surface area contributed by atoms with Crippen molar-refractivity contribution < 1.29 is 8.42 Å². The van der Waals surface area contributed by atoms with Crippen molar-refractivity contribution in [2.75, 3.05) is 16.8 Å². The molecule has 6 nitrogen and oxygen atoms in total. The second kappa shape index (κ2) is 5.72. The molecule has 1 fully saturated rings. The fraction of sp³-hybridized carbons (Fsp3) is 0.467. The van der Waals surface area contributed by atoms with Crippen molar-refractivity contribution in [3.8, 4) is 0 Å². The molecule has 2 heterocycles. The van der Waals surface area contributed by atoms with Crippen molar-refractivity contribution >= 4 is 26.7 Å². The van der Waals surface area contributed by atoms with E-state index in [2.05, 4.69) is 10.3 Å². The molecule has 1 aliphatic rings. The summed E-state index contributed by atoms with van der Waals surface area (Å²) in [7, 11) is -2.91. The van der Waals surface area contributed by atoms with E-state index in [4.69, 9.17) is 0 Å². The first-order chi connectivity index (χ1) is 10.5. The van der Waals surface area contributed by atoms with Gasteiger partial charge in [-0.3, -0.25) is 4.79 Å². The van der Waals surface area contributed by atoms with Crippen LogP contribution in [0.25, 0.3) is 11.0 Å². The molecule has 1 saturated heterocycles. The lowest BCUT2D eigenvalue weighted by Gasteiger charge is -2.23. The van der Waals surface area contributed by atoms with Crippen molar-refractivity contribution in [2.24, 2.45) is 0 Å². The van der Waals surface area contributed by atoms with Crippen LogP contribution in [0.4, 0.5) is 5.82 Å². The lowest BCUT2D eigenvalue weighted by atomic mass is 10.1. The Hall–Kier alpha value is -1.89. The second-order valence-corrected chi connectivity index (χ2v) is 7.87. The van der Waals surface area contributed by atoms with Gasteiger partial charge in [-0.25, -0.2) is 13.4 Å². The van der Waals surface area contributed by atoms with Gasteiger partial charge in [-0.1, -0.05) is 12.1 Å². The van der Waals surface area contributed by atoms with Crippen molar-refractivity contribution in [1.29, 1.82) is 0 Å². The highest BCUT2D eigenvalue weighted by Crippen LogP contribution is 2.17. The Morgan fingerprint density at radius 3 is 2.64 bits per heavy atom. The number of anilines is 1. The molecular weight excluding hydrogens is 302 g/mol. The average Bonchev–Trinajstić information content (AvgIpc) is 2.50. The third-order valence-electron chi connectivity index (χ3n) is 4.06. The number of hydrogen-bond donors (Lipinski definition) is 1. The zero-order valence-electron chi connectivity index (χ0n) is 12.4. The lowest BCUT2D eigenvalue weighted by molar-refractivity contribution is 0.558. The summed E-state index contributed by atoms with van der Waals surface area (Å²) < 4.78 is 24.6. The predicted octanol–water partition coefficient (Wildman–Crippen LogP) is 1.41. The Labute approximate surface area is 129 Å². The van der Waals surface area contributed by atoms with Crippen molar-refractivity contribution in [1.82, 2.24) is 9.55 Å². The summed E-state index contributed by atoms with van der Waals surface area (Å²) in [5, 5.41) is 3.14. The van der Waals surface area contributed by atoms with Crippen LogP contribution < -0.4 is 10.9 Å². The summed E-state index contributed by atoms with van der Waals surface area (Å²) in [6, 6.07) is 7.50. The summed E-state index contributed by atoms with van der Waals surface area (Å²) in [5.74, 6) is 0.644. The molecule has 0 radical (unpaired) electrons. The van der Waals surface area contributed by atoms with Crippen LogP contribution in [0.5, 0.6) is 0 Å². The minimum absolute atomic E-state index is 0.0183. The predicted molar refractivity (Wildman–Crippen MR) is 87.0 cm³/mol. The van der Waals surface area contributed by atoms with Crippen LogP contribution >= 0.6 is 0 Å². The van der Waals surface area contributed by atoms with E-state index in [9.17, 15) is 13.2 Å². The molecule has 0 bridgehead atoms. The first-order valence-corrected chi connectivity index (χ1v) is 9.29. The third-order valence-corrected chi connectivity index (χ3v) is 5.78. The number of nitrogens with one attached hydrogen (secondary N) is 1. The van der Waals surface area contributed by atoms with Gasteiger partial charge in [-0.15, -0.1) is 0 Å². The van der Waals surface area contributed by atoms with Gasteiger partial charge >= 0.3 is 0 Å².